The van der Waals surface area contributed by atoms with Crippen molar-refractivity contribution in [2.24, 2.45) is 0 Å². The minimum atomic E-state index is 0.192. The van der Waals surface area contributed by atoms with Crippen LogP contribution in [0.15, 0.2) is 42.5 Å². The molecule has 0 aliphatic rings. The van der Waals surface area contributed by atoms with Crippen LogP contribution in [0.4, 0.5) is 0 Å². The molecule has 2 nitrogen and oxygen atoms in total. The second-order valence-electron chi connectivity index (χ2n) is 6.34. The Morgan fingerprint density at radius 2 is 1.29 bits per heavy atom. The van der Waals surface area contributed by atoms with Gasteiger partial charge < -0.3 is 9.47 Å². The maximum absolute atomic E-state index is 5.32. The van der Waals surface area contributed by atoms with Gasteiger partial charge in [-0.3, -0.25) is 0 Å². The summed E-state index contributed by atoms with van der Waals surface area (Å²) in [5, 5.41) is 0. The van der Waals surface area contributed by atoms with Crippen LogP contribution in [0.3, 0.4) is 0 Å². The lowest BCUT2D eigenvalue weighted by atomic mass is 9.86. The highest BCUT2D eigenvalue weighted by atomic mass is 16.5. The van der Waals surface area contributed by atoms with Crippen LogP contribution in [0.1, 0.15) is 37.5 Å². The summed E-state index contributed by atoms with van der Waals surface area (Å²) in [4.78, 5) is 0. The van der Waals surface area contributed by atoms with Gasteiger partial charge in [0.2, 0.25) is 0 Å². The molecule has 0 spiro atoms. The molecule has 2 heteroatoms. The monoisotopic (exact) mass is 284 g/mol. The average molecular weight is 284 g/mol. The van der Waals surface area contributed by atoms with Gasteiger partial charge in [0.15, 0.2) is 0 Å². The van der Waals surface area contributed by atoms with Crippen LogP contribution in [0, 0.1) is 0 Å². The molecule has 0 saturated carbocycles. The lowest BCUT2D eigenvalue weighted by Crippen LogP contribution is -2.10. The number of ether oxygens (including phenoxy) is 2. The molecule has 0 aliphatic heterocycles. The zero-order valence-electron chi connectivity index (χ0n) is 13.6. The summed E-state index contributed by atoms with van der Waals surface area (Å²) in [5.74, 6) is 1.66. The molecule has 2 aromatic carbocycles. The number of benzene rings is 2. The third-order valence-corrected chi connectivity index (χ3v) is 3.64. The van der Waals surface area contributed by atoms with Crippen LogP contribution in [0.2, 0.25) is 0 Å². The summed E-state index contributed by atoms with van der Waals surface area (Å²) < 4.78 is 10.6. The molecule has 112 valence electrons. The minimum absolute atomic E-state index is 0.192. The standard InChI is InChI=1S/C19H24O2/c1-19(2,3)16-8-6-14(7-9-16)10-15-11-17(20-4)13-18(12-15)21-5/h6-9,11-13H,10H2,1-5H3. The molecular weight excluding hydrogens is 260 g/mol. The lowest BCUT2D eigenvalue weighted by Gasteiger charge is -2.19. The van der Waals surface area contributed by atoms with E-state index in [-0.39, 0.29) is 5.41 Å². The number of rotatable bonds is 4. The molecule has 0 bridgehead atoms. The highest BCUT2D eigenvalue weighted by Crippen LogP contribution is 2.26. The van der Waals surface area contributed by atoms with E-state index in [0.29, 0.717) is 0 Å². The quantitative estimate of drug-likeness (QED) is 0.817. The maximum Gasteiger partial charge on any atom is 0.122 e. The van der Waals surface area contributed by atoms with Crippen molar-refractivity contribution in [3.63, 3.8) is 0 Å². The van der Waals surface area contributed by atoms with E-state index in [1.54, 1.807) is 14.2 Å². The number of methoxy groups -OCH3 is 2. The Bertz CT molecular complexity index is 570. The third-order valence-electron chi connectivity index (χ3n) is 3.64. The first-order valence-corrected chi connectivity index (χ1v) is 7.24. The van der Waals surface area contributed by atoms with Crippen molar-refractivity contribution in [3.8, 4) is 11.5 Å². The molecule has 0 aromatic heterocycles. The van der Waals surface area contributed by atoms with Crippen molar-refractivity contribution in [3.05, 3.63) is 59.2 Å². The predicted molar refractivity (Wildman–Crippen MR) is 87.5 cm³/mol. The van der Waals surface area contributed by atoms with E-state index in [1.165, 1.54) is 16.7 Å². The van der Waals surface area contributed by atoms with Gasteiger partial charge in [-0.1, -0.05) is 45.0 Å². The minimum Gasteiger partial charge on any atom is -0.497 e. The molecule has 0 radical (unpaired) electrons. The van der Waals surface area contributed by atoms with Crippen molar-refractivity contribution in [2.75, 3.05) is 14.2 Å². The van der Waals surface area contributed by atoms with Crippen molar-refractivity contribution in [1.82, 2.24) is 0 Å². The molecule has 0 saturated heterocycles. The van der Waals surface area contributed by atoms with E-state index < -0.39 is 0 Å². The Morgan fingerprint density at radius 3 is 1.71 bits per heavy atom. The van der Waals surface area contributed by atoms with Gasteiger partial charge in [-0.25, -0.2) is 0 Å². The predicted octanol–water partition coefficient (Wildman–Crippen LogP) is 4.59. The summed E-state index contributed by atoms with van der Waals surface area (Å²) >= 11 is 0. The molecule has 21 heavy (non-hydrogen) atoms. The average Bonchev–Trinajstić information content (AvgIpc) is 2.46. The lowest BCUT2D eigenvalue weighted by molar-refractivity contribution is 0.393. The molecule has 0 amide bonds. The zero-order valence-corrected chi connectivity index (χ0v) is 13.6. The van der Waals surface area contributed by atoms with E-state index in [9.17, 15) is 0 Å². The second kappa shape index (κ2) is 6.21. The molecule has 0 N–H and O–H groups in total. The SMILES string of the molecule is COc1cc(Cc2ccc(C(C)(C)C)cc2)cc(OC)c1. The highest BCUT2D eigenvalue weighted by molar-refractivity contribution is 5.41. The molecular formula is C19H24O2. The van der Waals surface area contributed by atoms with Gasteiger partial charge in [-0.15, -0.1) is 0 Å². The van der Waals surface area contributed by atoms with Crippen molar-refractivity contribution >= 4 is 0 Å². The Labute approximate surface area is 127 Å². The van der Waals surface area contributed by atoms with Crippen molar-refractivity contribution < 1.29 is 9.47 Å². The van der Waals surface area contributed by atoms with E-state index in [1.807, 2.05) is 6.07 Å². The summed E-state index contributed by atoms with van der Waals surface area (Å²) in [5.41, 5.74) is 4.03. The van der Waals surface area contributed by atoms with Gasteiger partial charge in [0.1, 0.15) is 11.5 Å². The first-order valence-electron chi connectivity index (χ1n) is 7.24. The van der Waals surface area contributed by atoms with Gasteiger partial charge >= 0.3 is 0 Å². The topological polar surface area (TPSA) is 18.5 Å². The highest BCUT2D eigenvalue weighted by Gasteiger charge is 2.13. The zero-order chi connectivity index (χ0) is 15.5. The van der Waals surface area contributed by atoms with Crippen molar-refractivity contribution in [2.45, 2.75) is 32.6 Å². The summed E-state index contributed by atoms with van der Waals surface area (Å²) in [6.07, 6.45) is 0.873. The Hall–Kier alpha value is -1.96. The smallest absolute Gasteiger partial charge is 0.122 e. The van der Waals surface area contributed by atoms with Gasteiger partial charge in [0.25, 0.3) is 0 Å². The van der Waals surface area contributed by atoms with Crippen LogP contribution in [0.5, 0.6) is 11.5 Å². The fourth-order valence-corrected chi connectivity index (χ4v) is 2.33. The fourth-order valence-electron chi connectivity index (χ4n) is 2.33. The van der Waals surface area contributed by atoms with Crippen LogP contribution in [-0.4, -0.2) is 14.2 Å². The largest absolute Gasteiger partial charge is 0.497 e. The Balaban J connectivity index is 2.22. The molecule has 0 heterocycles. The molecule has 2 rings (SSSR count). The molecule has 0 aliphatic carbocycles. The number of hydrogen-bond donors (Lipinski definition) is 0. The molecule has 0 fully saturated rings. The van der Waals surface area contributed by atoms with Crippen LogP contribution >= 0.6 is 0 Å². The van der Waals surface area contributed by atoms with Gasteiger partial charge in [0.05, 0.1) is 14.2 Å². The maximum atomic E-state index is 5.32. The van der Waals surface area contributed by atoms with Gasteiger partial charge in [-0.05, 0) is 40.7 Å². The van der Waals surface area contributed by atoms with E-state index >= 15 is 0 Å². The summed E-state index contributed by atoms with van der Waals surface area (Å²) in [6.45, 7) is 6.69. The normalized spacial score (nSPS) is 11.3. The number of hydrogen-bond acceptors (Lipinski definition) is 2. The summed E-state index contributed by atoms with van der Waals surface area (Å²) in [7, 11) is 3.35. The van der Waals surface area contributed by atoms with Crippen LogP contribution in [-0.2, 0) is 11.8 Å². The first-order chi connectivity index (χ1) is 9.92. The Morgan fingerprint density at radius 1 is 0.762 bits per heavy atom. The van der Waals surface area contributed by atoms with E-state index in [0.717, 1.165) is 17.9 Å². The van der Waals surface area contributed by atoms with E-state index in [2.05, 4.69) is 57.2 Å². The second-order valence-corrected chi connectivity index (χ2v) is 6.34. The Kier molecular flexibility index (Phi) is 4.56. The molecule has 0 atom stereocenters. The van der Waals surface area contributed by atoms with Gasteiger partial charge in [-0.2, -0.15) is 0 Å². The van der Waals surface area contributed by atoms with Gasteiger partial charge in [0, 0.05) is 6.07 Å². The molecule has 2 aromatic rings. The van der Waals surface area contributed by atoms with Crippen LogP contribution < -0.4 is 9.47 Å². The van der Waals surface area contributed by atoms with Crippen molar-refractivity contribution in [1.29, 1.82) is 0 Å². The summed E-state index contributed by atoms with van der Waals surface area (Å²) in [6, 6.07) is 14.8. The third kappa shape index (κ3) is 4.01. The van der Waals surface area contributed by atoms with E-state index in [4.69, 9.17) is 9.47 Å². The molecule has 0 unspecified atom stereocenters. The first kappa shape index (κ1) is 15.4. The fraction of sp³-hybridized carbons (Fsp3) is 0.368. The van der Waals surface area contributed by atoms with Crippen LogP contribution in [0.25, 0.3) is 0 Å².